The monoisotopic (exact) mass is 311 g/mol. The Morgan fingerprint density at radius 3 is 2.65 bits per heavy atom. The Balaban J connectivity index is 1.46. The second-order valence-electron chi connectivity index (χ2n) is 6.39. The predicted molar refractivity (Wildman–Crippen MR) is 92.9 cm³/mol. The summed E-state index contributed by atoms with van der Waals surface area (Å²) < 4.78 is 5.74. The molecule has 2 aromatic rings. The van der Waals surface area contributed by atoms with E-state index in [1.165, 1.54) is 5.56 Å². The van der Waals surface area contributed by atoms with Crippen molar-refractivity contribution in [3.8, 4) is 5.75 Å². The highest BCUT2D eigenvalue weighted by molar-refractivity contribution is 5.31. The molecule has 1 fully saturated rings. The zero-order chi connectivity index (χ0) is 16.1. The molecule has 23 heavy (non-hydrogen) atoms. The van der Waals surface area contributed by atoms with Crippen LogP contribution >= 0.6 is 0 Å². The number of β-amino-alcohol motifs (C(OH)–C–C–N with tert-alkyl or cyclic N) is 1. The Morgan fingerprint density at radius 1 is 1.13 bits per heavy atom. The van der Waals surface area contributed by atoms with Gasteiger partial charge in [-0.2, -0.15) is 0 Å². The zero-order valence-electron chi connectivity index (χ0n) is 13.7. The number of benzene rings is 2. The largest absolute Gasteiger partial charge is 0.491 e. The van der Waals surface area contributed by atoms with Crippen molar-refractivity contribution >= 4 is 0 Å². The van der Waals surface area contributed by atoms with Gasteiger partial charge in [-0.05, 0) is 43.0 Å². The fourth-order valence-corrected chi connectivity index (χ4v) is 3.25. The maximum absolute atomic E-state index is 10.3. The van der Waals surface area contributed by atoms with E-state index in [0.717, 1.165) is 30.8 Å². The van der Waals surface area contributed by atoms with Gasteiger partial charge in [-0.1, -0.05) is 48.5 Å². The second-order valence-corrected chi connectivity index (χ2v) is 6.39. The number of aliphatic hydroxyl groups is 1. The number of likely N-dealkylation sites (tertiary alicyclic amines) is 1. The van der Waals surface area contributed by atoms with Crippen molar-refractivity contribution in [3.63, 3.8) is 0 Å². The van der Waals surface area contributed by atoms with Crippen molar-refractivity contribution in [1.82, 2.24) is 4.90 Å². The molecule has 1 aliphatic rings. The van der Waals surface area contributed by atoms with E-state index in [1.54, 1.807) is 0 Å². The van der Waals surface area contributed by atoms with Crippen LogP contribution in [0.1, 0.15) is 23.5 Å². The van der Waals surface area contributed by atoms with Crippen molar-refractivity contribution in [1.29, 1.82) is 0 Å². The molecule has 3 rings (SSSR count). The van der Waals surface area contributed by atoms with E-state index >= 15 is 0 Å². The minimum absolute atomic E-state index is 0.345. The van der Waals surface area contributed by atoms with Crippen molar-refractivity contribution in [2.24, 2.45) is 0 Å². The van der Waals surface area contributed by atoms with E-state index in [-0.39, 0.29) is 0 Å². The van der Waals surface area contributed by atoms with E-state index < -0.39 is 6.10 Å². The first-order valence-electron chi connectivity index (χ1n) is 8.36. The summed E-state index contributed by atoms with van der Waals surface area (Å²) in [5.41, 5.74) is 2.51. The Hall–Kier alpha value is -1.84. The third-order valence-electron chi connectivity index (χ3n) is 4.54. The standard InChI is InChI=1S/C20H25NO2/c1-16-7-5-6-10-20(16)23-15-19(22)14-21-12-11-18(13-21)17-8-3-2-4-9-17/h2-10,18-19,22H,11-15H2,1H3/t18-,19-/m1/s1. The van der Waals surface area contributed by atoms with Crippen LogP contribution in [0, 0.1) is 6.92 Å². The Bertz CT molecular complexity index is 614. The number of para-hydroxylation sites is 1. The van der Waals surface area contributed by atoms with Gasteiger partial charge in [-0.3, -0.25) is 0 Å². The summed E-state index contributed by atoms with van der Waals surface area (Å²) in [6.45, 7) is 5.10. The van der Waals surface area contributed by atoms with Gasteiger partial charge in [0.15, 0.2) is 0 Å². The van der Waals surface area contributed by atoms with E-state index in [4.69, 9.17) is 4.74 Å². The van der Waals surface area contributed by atoms with Gasteiger partial charge < -0.3 is 14.7 Å². The maximum atomic E-state index is 10.3. The number of hydrogen-bond donors (Lipinski definition) is 1. The third kappa shape index (κ3) is 4.34. The number of rotatable bonds is 6. The first-order valence-corrected chi connectivity index (χ1v) is 8.36. The molecule has 1 heterocycles. The van der Waals surface area contributed by atoms with Gasteiger partial charge in [-0.15, -0.1) is 0 Å². The van der Waals surface area contributed by atoms with Crippen molar-refractivity contribution in [3.05, 3.63) is 65.7 Å². The quantitative estimate of drug-likeness (QED) is 0.889. The van der Waals surface area contributed by atoms with Gasteiger partial charge >= 0.3 is 0 Å². The van der Waals surface area contributed by atoms with Crippen LogP contribution in [0.25, 0.3) is 0 Å². The summed E-state index contributed by atoms with van der Waals surface area (Å²) in [7, 11) is 0. The zero-order valence-corrected chi connectivity index (χ0v) is 13.7. The number of aliphatic hydroxyl groups excluding tert-OH is 1. The fourth-order valence-electron chi connectivity index (χ4n) is 3.25. The molecule has 2 aromatic carbocycles. The molecule has 2 atom stereocenters. The lowest BCUT2D eigenvalue weighted by Crippen LogP contribution is -2.34. The molecule has 0 aliphatic carbocycles. The number of nitrogens with zero attached hydrogens (tertiary/aromatic N) is 1. The van der Waals surface area contributed by atoms with Crippen LogP contribution in [0.15, 0.2) is 54.6 Å². The second kappa shape index (κ2) is 7.62. The van der Waals surface area contributed by atoms with Gasteiger partial charge in [0.1, 0.15) is 18.5 Å². The molecule has 122 valence electrons. The minimum Gasteiger partial charge on any atom is -0.491 e. The van der Waals surface area contributed by atoms with Crippen LogP contribution in [0.3, 0.4) is 0 Å². The number of ether oxygens (including phenoxy) is 1. The lowest BCUT2D eigenvalue weighted by Gasteiger charge is -2.21. The first-order chi connectivity index (χ1) is 11.2. The normalized spacial score (nSPS) is 19.7. The summed E-state index contributed by atoms with van der Waals surface area (Å²) in [6.07, 6.45) is 0.708. The van der Waals surface area contributed by atoms with Crippen LogP contribution in [0.4, 0.5) is 0 Å². The van der Waals surface area contributed by atoms with Crippen molar-refractivity contribution in [2.45, 2.75) is 25.4 Å². The fraction of sp³-hybridized carbons (Fsp3) is 0.400. The van der Waals surface area contributed by atoms with Crippen LogP contribution < -0.4 is 4.74 Å². The van der Waals surface area contributed by atoms with Gasteiger partial charge in [0.05, 0.1) is 0 Å². The molecule has 0 radical (unpaired) electrons. The Kier molecular flexibility index (Phi) is 5.31. The van der Waals surface area contributed by atoms with E-state index in [1.807, 2.05) is 31.2 Å². The van der Waals surface area contributed by atoms with E-state index in [0.29, 0.717) is 19.1 Å². The Morgan fingerprint density at radius 2 is 1.87 bits per heavy atom. The third-order valence-corrected chi connectivity index (χ3v) is 4.54. The lowest BCUT2D eigenvalue weighted by molar-refractivity contribution is 0.0752. The van der Waals surface area contributed by atoms with E-state index in [9.17, 15) is 5.11 Å². The highest BCUT2D eigenvalue weighted by Gasteiger charge is 2.25. The summed E-state index contributed by atoms with van der Waals surface area (Å²) in [5.74, 6) is 1.44. The average Bonchev–Trinajstić information content (AvgIpc) is 3.03. The van der Waals surface area contributed by atoms with Gasteiger partial charge in [-0.25, -0.2) is 0 Å². The van der Waals surface area contributed by atoms with Crippen LogP contribution in [-0.4, -0.2) is 42.4 Å². The van der Waals surface area contributed by atoms with E-state index in [2.05, 4.69) is 35.2 Å². The molecule has 1 saturated heterocycles. The van der Waals surface area contributed by atoms with Crippen LogP contribution in [-0.2, 0) is 0 Å². The summed E-state index contributed by atoms with van der Waals surface area (Å²) in [5, 5.41) is 10.3. The molecular formula is C20H25NO2. The number of hydrogen-bond acceptors (Lipinski definition) is 3. The molecule has 0 saturated carbocycles. The van der Waals surface area contributed by atoms with Gasteiger partial charge in [0, 0.05) is 13.1 Å². The molecule has 3 nitrogen and oxygen atoms in total. The minimum atomic E-state index is -0.455. The molecule has 1 N–H and O–H groups in total. The molecule has 3 heteroatoms. The molecule has 1 aliphatic heterocycles. The van der Waals surface area contributed by atoms with Gasteiger partial charge in [0.2, 0.25) is 0 Å². The smallest absolute Gasteiger partial charge is 0.122 e. The highest BCUT2D eigenvalue weighted by Crippen LogP contribution is 2.27. The summed E-state index contributed by atoms with van der Waals surface area (Å²) in [4.78, 5) is 2.34. The Labute approximate surface area is 138 Å². The van der Waals surface area contributed by atoms with Crippen molar-refractivity contribution < 1.29 is 9.84 Å². The van der Waals surface area contributed by atoms with Crippen LogP contribution in [0.2, 0.25) is 0 Å². The summed E-state index contributed by atoms with van der Waals surface area (Å²) in [6, 6.07) is 18.6. The summed E-state index contributed by atoms with van der Waals surface area (Å²) >= 11 is 0. The molecular weight excluding hydrogens is 286 g/mol. The first kappa shape index (κ1) is 16.0. The highest BCUT2D eigenvalue weighted by atomic mass is 16.5. The maximum Gasteiger partial charge on any atom is 0.122 e. The molecule has 0 aromatic heterocycles. The molecule has 0 amide bonds. The molecule has 0 bridgehead atoms. The topological polar surface area (TPSA) is 32.7 Å². The molecule has 0 unspecified atom stereocenters. The predicted octanol–water partition coefficient (Wildman–Crippen LogP) is 3.22. The lowest BCUT2D eigenvalue weighted by atomic mass is 9.99. The number of aryl methyl sites for hydroxylation is 1. The average molecular weight is 311 g/mol. The SMILES string of the molecule is Cc1ccccc1OC[C@H](O)CN1CC[C@@H](c2ccccc2)C1. The molecule has 0 spiro atoms. The van der Waals surface area contributed by atoms with Gasteiger partial charge in [0.25, 0.3) is 0 Å². The van der Waals surface area contributed by atoms with Crippen LogP contribution in [0.5, 0.6) is 5.75 Å². The van der Waals surface area contributed by atoms with Crippen molar-refractivity contribution in [2.75, 3.05) is 26.2 Å².